The van der Waals surface area contributed by atoms with E-state index in [2.05, 4.69) is 5.32 Å². The molecule has 0 aromatic heterocycles. The first-order chi connectivity index (χ1) is 11.1. The van der Waals surface area contributed by atoms with Crippen molar-refractivity contribution in [1.82, 2.24) is 5.32 Å². The van der Waals surface area contributed by atoms with E-state index in [9.17, 15) is 9.59 Å². The van der Waals surface area contributed by atoms with Crippen molar-refractivity contribution in [3.05, 3.63) is 18.2 Å². The summed E-state index contributed by atoms with van der Waals surface area (Å²) in [6.45, 7) is 1.41. The highest BCUT2D eigenvalue weighted by molar-refractivity contribution is 6.00. The van der Waals surface area contributed by atoms with Crippen LogP contribution in [-0.2, 0) is 9.59 Å². The topological polar surface area (TPSA) is 93.9 Å². The van der Waals surface area contributed by atoms with Crippen molar-refractivity contribution in [3.8, 4) is 11.5 Å². The monoisotopic (exact) mass is 357 g/mol. The molecule has 7 nitrogen and oxygen atoms in total. The molecule has 1 aromatic carbocycles. The fourth-order valence-electron chi connectivity index (χ4n) is 2.54. The number of methoxy groups -OCH3 is 2. The SMILES string of the molecule is COc1cc(OC)cc(N2CC(C(=O)NCCCN)CC2=O)c1.Cl. The maximum Gasteiger partial charge on any atom is 0.227 e. The summed E-state index contributed by atoms with van der Waals surface area (Å²) < 4.78 is 10.4. The molecular weight excluding hydrogens is 334 g/mol. The lowest BCUT2D eigenvalue weighted by atomic mass is 10.1. The fraction of sp³-hybridized carbons (Fsp3) is 0.500. The average molecular weight is 358 g/mol. The summed E-state index contributed by atoms with van der Waals surface area (Å²) in [5.41, 5.74) is 6.08. The van der Waals surface area contributed by atoms with Gasteiger partial charge in [-0.25, -0.2) is 0 Å². The van der Waals surface area contributed by atoms with Crippen LogP contribution in [-0.4, -0.2) is 45.7 Å². The summed E-state index contributed by atoms with van der Waals surface area (Å²) >= 11 is 0. The summed E-state index contributed by atoms with van der Waals surface area (Å²) in [5.74, 6) is 0.659. The quantitative estimate of drug-likeness (QED) is 0.708. The molecule has 1 aromatic rings. The molecule has 1 atom stereocenters. The molecule has 0 aliphatic carbocycles. The van der Waals surface area contributed by atoms with Crippen molar-refractivity contribution < 1.29 is 19.1 Å². The molecule has 1 aliphatic rings. The highest BCUT2D eigenvalue weighted by Gasteiger charge is 2.35. The normalized spacial score (nSPS) is 16.5. The molecule has 0 bridgehead atoms. The Balaban J connectivity index is 0.00000288. The fourth-order valence-corrected chi connectivity index (χ4v) is 2.54. The van der Waals surface area contributed by atoms with E-state index >= 15 is 0 Å². The maximum absolute atomic E-state index is 12.3. The zero-order valence-corrected chi connectivity index (χ0v) is 14.7. The summed E-state index contributed by atoms with van der Waals surface area (Å²) in [6, 6.07) is 5.26. The van der Waals surface area contributed by atoms with Gasteiger partial charge in [-0.15, -0.1) is 12.4 Å². The van der Waals surface area contributed by atoms with E-state index in [-0.39, 0.29) is 36.6 Å². The van der Waals surface area contributed by atoms with Gasteiger partial charge in [-0.1, -0.05) is 0 Å². The molecule has 0 saturated carbocycles. The van der Waals surface area contributed by atoms with Crippen molar-refractivity contribution in [2.75, 3.05) is 38.8 Å². The number of nitrogens with two attached hydrogens (primary N) is 1. The van der Waals surface area contributed by atoms with Gasteiger partial charge >= 0.3 is 0 Å². The summed E-state index contributed by atoms with van der Waals surface area (Å²) in [6.07, 6.45) is 0.928. The van der Waals surface area contributed by atoms with Crippen LogP contribution in [0.15, 0.2) is 18.2 Å². The number of rotatable bonds is 7. The minimum Gasteiger partial charge on any atom is -0.497 e. The standard InChI is InChI=1S/C16H23N3O4.ClH/c1-22-13-7-12(8-14(9-13)23-2)19-10-11(6-15(19)20)16(21)18-5-3-4-17;/h7-9,11H,3-6,10,17H2,1-2H3,(H,18,21);1H. The van der Waals surface area contributed by atoms with Gasteiger partial charge in [-0.05, 0) is 13.0 Å². The number of carbonyl (C=O) groups excluding carboxylic acids is 2. The smallest absolute Gasteiger partial charge is 0.227 e. The molecule has 1 saturated heterocycles. The molecular formula is C16H24ClN3O4. The van der Waals surface area contributed by atoms with Crippen LogP contribution in [0.3, 0.4) is 0 Å². The van der Waals surface area contributed by atoms with Crippen molar-refractivity contribution in [2.24, 2.45) is 11.7 Å². The van der Waals surface area contributed by atoms with E-state index in [4.69, 9.17) is 15.2 Å². The van der Waals surface area contributed by atoms with Gasteiger partial charge in [-0.2, -0.15) is 0 Å². The zero-order chi connectivity index (χ0) is 16.8. The third-order valence-electron chi connectivity index (χ3n) is 3.82. The lowest BCUT2D eigenvalue weighted by Gasteiger charge is -2.18. The minimum absolute atomic E-state index is 0. The van der Waals surface area contributed by atoms with Crippen molar-refractivity contribution in [2.45, 2.75) is 12.8 Å². The van der Waals surface area contributed by atoms with Gasteiger partial charge in [0.2, 0.25) is 11.8 Å². The van der Waals surface area contributed by atoms with E-state index in [0.29, 0.717) is 36.8 Å². The van der Waals surface area contributed by atoms with Gasteiger partial charge in [0, 0.05) is 37.7 Å². The lowest BCUT2D eigenvalue weighted by Crippen LogP contribution is -2.34. The van der Waals surface area contributed by atoms with Crippen LogP contribution >= 0.6 is 12.4 Å². The number of ether oxygens (including phenoxy) is 2. The lowest BCUT2D eigenvalue weighted by molar-refractivity contribution is -0.126. The highest BCUT2D eigenvalue weighted by Crippen LogP contribution is 2.32. The van der Waals surface area contributed by atoms with E-state index in [1.54, 1.807) is 37.3 Å². The molecule has 8 heteroatoms. The highest BCUT2D eigenvalue weighted by atomic mass is 35.5. The van der Waals surface area contributed by atoms with Crippen LogP contribution < -0.4 is 25.4 Å². The van der Waals surface area contributed by atoms with Crippen LogP contribution in [0.1, 0.15) is 12.8 Å². The van der Waals surface area contributed by atoms with Gasteiger partial charge in [-0.3, -0.25) is 9.59 Å². The Morgan fingerprint density at radius 2 is 1.92 bits per heavy atom. The van der Waals surface area contributed by atoms with Crippen LogP contribution in [0, 0.1) is 5.92 Å². The van der Waals surface area contributed by atoms with Crippen LogP contribution in [0.5, 0.6) is 11.5 Å². The molecule has 2 rings (SSSR count). The molecule has 1 fully saturated rings. The summed E-state index contributed by atoms with van der Waals surface area (Å²) in [5, 5.41) is 2.82. The number of halogens is 1. The van der Waals surface area contributed by atoms with Gasteiger partial charge in [0.15, 0.2) is 0 Å². The van der Waals surface area contributed by atoms with Crippen LogP contribution in [0.25, 0.3) is 0 Å². The number of anilines is 1. The third kappa shape index (κ3) is 4.75. The van der Waals surface area contributed by atoms with Gasteiger partial charge in [0.1, 0.15) is 11.5 Å². The molecule has 1 aliphatic heterocycles. The maximum atomic E-state index is 12.3. The number of benzene rings is 1. The first kappa shape index (κ1) is 20.1. The molecule has 1 heterocycles. The van der Waals surface area contributed by atoms with Crippen molar-refractivity contribution >= 4 is 29.9 Å². The first-order valence-corrected chi connectivity index (χ1v) is 7.60. The molecule has 2 amide bonds. The molecule has 24 heavy (non-hydrogen) atoms. The van der Waals surface area contributed by atoms with Gasteiger partial charge < -0.3 is 25.4 Å². The molecule has 0 spiro atoms. The molecule has 3 N–H and O–H groups in total. The van der Waals surface area contributed by atoms with Crippen molar-refractivity contribution in [3.63, 3.8) is 0 Å². The average Bonchev–Trinajstić information content (AvgIpc) is 2.96. The predicted molar refractivity (Wildman–Crippen MR) is 93.9 cm³/mol. The second-order valence-electron chi connectivity index (χ2n) is 5.41. The summed E-state index contributed by atoms with van der Waals surface area (Å²) in [4.78, 5) is 26.0. The Hall–Kier alpha value is -1.99. The number of amides is 2. The Morgan fingerprint density at radius 3 is 2.46 bits per heavy atom. The number of hydrogen-bond donors (Lipinski definition) is 2. The van der Waals surface area contributed by atoms with E-state index in [0.717, 1.165) is 6.42 Å². The second-order valence-corrected chi connectivity index (χ2v) is 5.41. The zero-order valence-electron chi connectivity index (χ0n) is 13.9. The van der Waals surface area contributed by atoms with E-state index < -0.39 is 0 Å². The van der Waals surface area contributed by atoms with E-state index in [1.807, 2.05) is 0 Å². The van der Waals surface area contributed by atoms with Crippen LogP contribution in [0.2, 0.25) is 0 Å². The van der Waals surface area contributed by atoms with Crippen LogP contribution in [0.4, 0.5) is 5.69 Å². The molecule has 134 valence electrons. The number of carbonyl (C=O) groups is 2. The molecule has 0 radical (unpaired) electrons. The van der Waals surface area contributed by atoms with Gasteiger partial charge in [0.25, 0.3) is 0 Å². The van der Waals surface area contributed by atoms with E-state index in [1.165, 1.54) is 0 Å². The summed E-state index contributed by atoms with van der Waals surface area (Å²) in [7, 11) is 3.11. The Kier molecular flexibility index (Phi) is 7.81. The number of hydrogen-bond acceptors (Lipinski definition) is 5. The molecule has 1 unspecified atom stereocenters. The predicted octanol–water partition coefficient (Wildman–Crippen LogP) is 0.943. The number of nitrogens with one attached hydrogen (secondary N) is 1. The Bertz CT molecular complexity index is 560. The first-order valence-electron chi connectivity index (χ1n) is 7.60. The largest absolute Gasteiger partial charge is 0.497 e. The second kappa shape index (κ2) is 9.34. The van der Waals surface area contributed by atoms with Gasteiger partial charge in [0.05, 0.1) is 25.8 Å². The third-order valence-corrected chi connectivity index (χ3v) is 3.82. The van der Waals surface area contributed by atoms with Crippen molar-refractivity contribution in [1.29, 1.82) is 0 Å². The minimum atomic E-state index is -0.350. The number of nitrogens with zero attached hydrogens (tertiary/aromatic N) is 1. The Labute approximate surface area is 147 Å². The Morgan fingerprint density at radius 1 is 1.29 bits per heavy atom.